The van der Waals surface area contributed by atoms with Crippen LogP contribution in [0.1, 0.15) is 13.4 Å². The molecule has 12 heteroatoms. The average Bonchev–Trinajstić information content (AvgIpc) is 2.67. The van der Waals surface area contributed by atoms with Crippen molar-refractivity contribution in [3.05, 3.63) is 29.6 Å². The van der Waals surface area contributed by atoms with Crippen LogP contribution >= 0.6 is 0 Å². The molecule has 8 nitrogen and oxygen atoms in total. The predicted octanol–water partition coefficient (Wildman–Crippen LogP) is 1.88. The molecular weight excluding hydrogens is 426 g/mol. The quantitative estimate of drug-likeness (QED) is 0.711. The summed E-state index contributed by atoms with van der Waals surface area (Å²) in [5.41, 5.74) is 0.354. The summed E-state index contributed by atoms with van der Waals surface area (Å²) in [5, 5.41) is 2.84. The van der Waals surface area contributed by atoms with Gasteiger partial charge in [-0.25, -0.2) is 9.18 Å². The minimum Gasteiger partial charge on any atom is -0.403 e. The average molecular weight is 449 g/mol. The molecule has 3 saturated heterocycles. The Balaban J connectivity index is 0.00000289. The Morgan fingerprint density at radius 3 is 2.74 bits per heavy atom. The lowest BCUT2D eigenvalue weighted by molar-refractivity contribution is -0.275. The Morgan fingerprint density at radius 2 is 2.03 bits per heavy atom. The number of nitrogens with one attached hydrogen (secondary N) is 1. The van der Waals surface area contributed by atoms with Gasteiger partial charge in [-0.05, 0) is 24.1 Å². The van der Waals surface area contributed by atoms with Crippen molar-refractivity contribution >= 4 is 11.9 Å². The van der Waals surface area contributed by atoms with E-state index in [2.05, 4.69) is 10.1 Å². The van der Waals surface area contributed by atoms with Crippen LogP contribution in [-0.2, 0) is 20.9 Å². The Labute approximate surface area is 176 Å². The highest BCUT2D eigenvalue weighted by Gasteiger charge is 2.40. The molecule has 4 rings (SSSR count). The molecule has 1 N–H and O–H groups in total. The summed E-state index contributed by atoms with van der Waals surface area (Å²) >= 11 is 0. The number of carbonyl (C=O) groups excluding carboxylic acids is 2. The fraction of sp³-hybridized carbons (Fsp3) is 0.579. The minimum atomic E-state index is -4.97. The van der Waals surface area contributed by atoms with Crippen LogP contribution in [0.25, 0.3) is 0 Å². The van der Waals surface area contributed by atoms with Crippen molar-refractivity contribution in [3.8, 4) is 5.75 Å². The molecule has 0 aliphatic carbocycles. The smallest absolute Gasteiger partial charge is 0.403 e. The van der Waals surface area contributed by atoms with Gasteiger partial charge in [0.05, 0.1) is 37.9 Å². The largest absolute Gasteiger partial charge is 0.573 e. The number of hydrogen-bond donors (Lipinski definition) is 1. The first-order valence-electron chi connectivity index (χ1n) is 9.78. The zero-order chi connectivity index (χ0) is 22.2. The number of halogens is 4. The van der Waals surface area contributed by atoms with Crippen LogP contribution in [0.3, 0.4) is 0 Å². The Bertz CT molecular complexity index is 853. The third-order valence-corrected chi connectivity index (χ3v) is 5.42. The predicted molar refractivity (Wildman–Crippen MR) is 98.6 cm³/mol. The number of ether oxygens (including phenoxy) is 3. The van der Waals surface area contributed by atoms with E-state index >= 15 is 0 Å². The molecule has 0 spiro atoms. The molecule has 1 aromatic carbocycles. The number of piperidine rings is 1. The van der Waals surface area contributed by atoms with Crippen LogP contribution in [0.2, 0.25) is 0 Å². The van der Waals surface area contributed by atoms with Gasteiger partial charge in [-0.3, -0.25) is 4.79 Å². The summed E-state index contributed by atoms with van der Waals surface area (Å²) in [6, 6.07) is 2.74. The zero-order valence-electron chi connectivity index (χ0n) is 16.4. The number of amides is 3. The maximum Gasteiger partial charge on any atom is 0.573 e. The third-order valence-electron chi connectivity index (χ3n) is 5.42. The van der Waals surface area contributed by atoms with E-state index < -0.39 is 17.9 Å². The van der Waals surface area contributed by atoms with E-state index in [1.165, 1.54) is 6.07 Å². The molecule has 3 aliphatic heterocycles. The number of hydrogen-bond acceptors (Lipinski definition) is 5. The number of rotatable bonds is 4. The van der Waals surface area contributed by atoms with E-state index in [-0.39, 0.29) is 44.8 Å². The lowest BCUT2D eigenvalue weighted by Crippen LogP contribution is -2.65. The highest BCUT2D eigenvalue weighted by atomic mass is 19.4. The van der Waals surface area contributed by atoms with Crippen molar-refractivity contribution in [2.75, 3.05) is 32.8 Å². The monoisotopic (exact) mass is 449 g/mol. The molecule has 0 radical (unpaired) electrons. The number of fused-ring (bicyclic) bond motifs is 1. The first-order chi connectivity index (χ1) is 14.7. The van der Waals surface area contributed by atoms with Crippen LogP contribution in [0, 0.1) is 5.82 Å². The topological polar surface area (TPSA) is 80.3 Å². The molecule has 0 bridgehead atoms. The van der Waals surface area contributed by atoms with E-state index in [0.29, 0.717) is 38.2 Å². The molecule has 3 fully saturated rings. The summed E-state index contributed by atoms with van der Waals surface area (Å²) in [4.78, 5) is 27.4. The first kappa shape index (κ1) is 21.6. The van der Waals surface area contributed by atoms with Gasteiger partial charge in [0.2, 0.25) is 5.91 Å². The summed E-state index contributed by atoms with van der Waals surface area (Å²) in [7, 11) is 0. The van der Waals surface area contributed by atoms with Gasteiger partial charge < -0.3 is 29.3 Å². The molecule has 1 aromatic rings. The van der Waals surface area contributed by atoms with Gasteiger partial charge in [0.15, 0.2) is 11.6 Å². The minimum absolute atomic E-state index is 0. The van der Waals surface area contributed by atoms with Gasteiger partial charge in [0, 0.05) is 14.5 Å². The zero-order valence-corrected chi connectivity index (χ0v) is 16.4. The molecular formula is C19H23F4N3O5. The van der Waals surface area contributed by atoms with Crippen LogP contribution < -0.4 is 10.1 Å². The fourth-order valence-electron chi connectivity index (χ4n) is 3.83. The SMILES string of the molecule is O=C1CO[C@H]2CCN(C(=O)N3CC(OCc4ccc(OC(F)(F)F)c(F)c4)C3)C[C@H]2N1.[HH]. The number of morpholine rings is 1. The van der Waals surface area contributed by atoms with E-state index in [1.807, 2.05) is 0 Å². The van der Waals surface area contributed by atoms with E-state index in [0.717, 1.165) is 12.1 Å². The van der Waals surface area contributed by atoms with Gasteiger partial charge in [-0.2, -0.15) is 0 Å². The van der Waals surface area contributed by atoms with Crippen LogP contribution in [0.15, 0.2) is 18.2 Å². The van der Waals surface area contributed by atoms with Gasteiger partial charge in [0.25, 0.3) is 0 Å². The van der Waals surface area contributed by atoms with Gasteiger partial charge in [-0.15, -0.1) is 13.2 Å². The van der Waals surface area contributed by atoms with E-state index in [1.54, 1.807) is 9.80 Å². The van der Waals surface area contributed by atoms with Gasteiger partial charge in [0.1, 0.15) is 6.61 Å². The first-order valence-corrected chi connectivity index (χ1v) is 9.78. The standard InChI is InChI=1S/C19H21F4N3O5.H2/c20-13-5-11(1-2-15(13)31-19(21,22)23)9-29-12-6-26(7-12)18(28)25-4-3-16-14(8-25)24-17(27)10-30-16;/h1-2,5,12,14,16H,3-4,6-10H2,(H,24,27);1H/t14-,16+;/m1./s1. The molecule has 172 valence electrons. The highest BCUT2D eigenvalue weighted by molar-refractivity contribution is 5.79. The second-order valence-corrected chi connectivity index (χ2v) is 7.69. The van der Waals surface area contributed by atoms with Crippen molar-refractivity contribution in [1.82, 2.24) is 15.1 Å². The van der Waals surface area contributed by atoms with Crippen molar-refractivity contribution in [3.63, 3.8) is 0 Å². The lowest BCUT2D eigenvalue weighted by atomic mass is 10.0. The van der Waals surface area contributed by atoms with Crippen molar-refractivity contribution in [1.29, 1.82) is 0 Å². The van der Waals surface area contributed by atoms with Gasteiger partial charge >= 0.3 is 12.4 Å². The Morgan fingerprint density at radius 1 is 1.26 bits per heavy atom. The van der Waals surface area contributed by atoms with Crippen LogP contribution in [0.4, 0.5) is 22.4 Å². The lowest BCUT2D eigenvalue weighted by Gasteiger charge is -2.45. The molecule has 3 heterocycles. The number of likely N-dealkylation sites (tertiary alicyclic amines) is 2. The number of urea groups is 1. The second kappa shape index (κ2) is 8.50. The van der Waals surface area contributed by atoms with Crippen molar-refractivity contribution < 1.29 is 42.8 Å². The second-order valence-electron chi connectivity index (χ2n) is 7.69. The van der Waals surface area contributed by atoms with E-state index in [4.69, 9.17) is 9.47 Å². The van der Waals surface area contributed by atoms with Gasteiger partial charge in [-0.1, -0.05) is 6.07 Å². The highest BCUT2D eigenvalue weighted by Crippen LogP contribution is 2.27. The number of carbonyl (C=O) groups is 2. The summed E-state index contributed by atoms with van der Waals surface area (Å²) in [6.07, 6.45) is -4.66. The maximum absolute atomic E-state index is 13.7. The van der Waals surface area contributed by atoms with Crippen LogP contribution in [0.5, 0.6) is 5.75 Å². The van der Waals surface area contributed by atoms with Crippen LogP contribution in [-0.4, -0.2) is 79.1 Å². The summed E-state index contributed by atoms with van der Waals surface area (Å²) < 4.78 is 65.0. The number of alkyl halides is 3. The summed E-state index contributed by atoms with van der Waals surface area (Å²) in [5.74, 6) is -2.23. The molecule has 3 aliphatic rings. The normalized spacial score (nSPS) is 24.3. The molecule has 31 heavy (non-hydrogen) atoms. The Kier molecular flexibility index (Phi) is 5.93. The van der Waals surface area contributed by atoms with Crippen molar-refractivity contribution in [2.45, 2.75) is 37.6 Å². The third kappa shape index (κ3) is 5.18. The molecule has 0 aromatic heterocycles. The number of nitrogens with zero attached hydrogens (tertiary/aromatic N) is 2. The molecule has 0 unspecified atom stereocenters. The fourth-order valence-corrected chi connectivity index (χ4v) is 3.83. The maximum atomic E-state index is 13.7. The van der Waals surface area contributed by atoms with E-state index in [9.17, 15) is 27.2 Å². The molecule has 0 saturated carbocycles. The Hall–Kier alpha value is -2.60. The summed E-state index contributed by atoms with van der Waals surface area (Å²) in [6.45, 7) is 1.65. The number of benzene rings is 1. The molecule has 3 amide bonds. The van der Waals surface area contributed by atoms with Crippen molar-refractivity contribution in [2.24, 2.45) is 0 Å². The molecule has 2 atom stereocenters.